The van der Waals surface area contributed by atoms with Crippen LogP contribution in [-0.4, -0.2) is 21.2 Å². The van der Waals surface area contributed by atoms with Crippen molar-refractivity contribution in [1.82, 2.24) is 0 Å². The molecule has 2 rings (SSSR count). The molecule has 0 amide bonds. The molecule has 1 aliphatic carbocycles. The van der Waals surface area contributed by atoms with Gasteiger partial charge in [-0.15, -0.1) is 11.6 Å². The van der Waals surface area contributed by atoms with Crippen LogP contribution < -0.4 is 0 Å². The molecule has 1 aromatic rings. The number of phenolic OH excluding ortho intramolecular Hbond substituents is 1. The van der Waals surface area contributed by atoms with Crippen LogP contribution in [0.1, 0.15) is 18.4 Å². The monoisotopic (exact) mass is 250 g/mol. The third-order valence-corrected chi connectivity index (χ3v) is 3.78. The lowest BCUT2D eigenvalue weighted by molar-refractivity contribution is 0.0717. The van der Waals surface area contributed by atoms with E-state index in [0.29, 0.717) is 0 Å². The number of rotatable bonds is 2. The van der Waals surface area contributed by atoms with Crippen molar-refractivity contribution >= 4 is 11.6 Å². The van der Waals surface area contributed by atoms with Crippen molar-refractivity contribution in [2.24, 2.45) is 0 Å². The Morgan fingerprint density at radius 1 is 1.24 bits per heavy atom. The van der Waals surface area contributed by atoms with Crippen LogP contribution in [0.2, 0.25) is 0 Å². The summed E-state index contributed by atoms with van der Waals surface area (Å²) in [4.78, 5) is 0. The molecule has 0 radical (unpaired) electrons. The van der Waals surface area contributed by atoms with E-state index in [1.165, 1.54) is 0 Å². The van der Waals surface area contributed by atoms with Gasteiger partial charge in [-0.3, -0.25) is 0 Å². The van der Waals surface area contributed by atoms with E-state index in [1.807, 2.05) is 13.0 Å². The van der Waals surface area contributed by atoms with Gasteiger partial charge >= 0.3 is 0 Å². The summed E-state index contributed by atoms with van der Waals surface area (Å²) in [6.07, 6.45) is 7.13. The third kappa shape index (κ3) is 2.24. The zero-order valence-electron chi connectivity index (χ0n) is 9.55. The second-order valence-electron chi connectivity index (χ2n) is 4.35. The Morgan fingerprint density at radius 2 is 1.88 bits per heavy atom. The van der Waals surface area contributed by atoms with Crippen molar-refractivity contribution in [2.45, 2.75) is 23.8 Å². The van der Waals surface area contributed by atoms with Crippen LogP contribution in [0.15, 0.2) is 48.6 Å². The minimum Gasteiger partial charge on any atom is -0.508 e. The summed E-state index contributed by atoms with van der Waals surface area (Å²) in [5, 5.41) is 19.4. The summed E-state index contributed by atoms with van der Waals surface area (Å²) >= 11 is 6.16. The first kappa shape index (κ1) is 12.2. The number of hydrogen-bond acceptors (Lipinski definition) is 2. The van der Waals surface area contributed by atoms with Gasteiger partial charge in [-0.25, -0.2) is 0 Å². The van der Waals surface area contributed by atoms with Crippen LogP contribution in [0.4, 0.5) is 0 Å². The third-order valence-electron chi connectivity index (χ3n) is 3.28. The molecule has 17 heavy (non-hydrogen) atoms. The fraction of sp³-hybridized carbons (Fsp3) is 0.286. The summed E-state index contributed by atoms with van der Waals surface area (Å²) in [7, 11) is 0. The SMILES string of the molecule is CC(c1ccc(O)cc1)C1(O)C=CC=CC1Cl. The second kappa shape index (κ2) is 4.55. The van der Waals surface area contributed by atoms with Crippen molar-refractivity contribution < 1.29 is 10.2 Å². The van der Waals surface area contributed by atoms with Gasteiger partial charge in [0.1, 0.15) is 11.4 Å². The molecule has 0 aliphatic heterocycles. The molecule has 0 aromatic heterocycles. The molecule has 2 N–H and O–H groups in total. The van der Waals surface area contributed by atoms with E-state index in [2.05, 4.69) is 0 Å². The number of halogens is 1. The molecular weight excluding hydrogens is 236 g/mol. The molecule has 3 atom stereocenters. The highest BCUT2D eigenvalue weighted by Gasteiger charge is 2.39. The average molecular weight is 251 g/mol. The standard InChI is InChI=1S/C14H15ClO2/c1-10(11-5-7-12(16)8-6-11)14(17)9-3-2-4-13(14)15/h2-10,13,16-17H,1H3. The summed E-state index contributed by atoms with van der Waals surface area (Å²) in [6.45, 7) is 1.92. The smallest absolute Gasteiger partial charge is 0.115 e. The lowest BCUT2D eigenvalue weighted by Crippen LogP contribution is -2.42. The Kier molecular flexibility index (Phi) is 3.27. The molecule has 90 valence electrons. The van der Waals surface area contributed by atoms with E-state index in [1.54, 1.807) is 42.5 Å². The largest absolute Gasteiger partial charge is 0.508 e. The number of alkyl halides is 1. The molecule has 1 aromatic carbocycles. The molecule has 3 unspecified atom stereocenters. The van der Waals surface area contributed by atoms with Crippen molar-refractivity contribution in [3.63, 3.8) is 0 Å². The van der Waals surface area contributed by atoms with Gasteiger partial charge < -0.3 is 10.2 Å². The van der Waals surface area contributed by atoms with Gasteiger partial charge in [0.2, 0.25) is 0 Å². The molecule has 2 nitrogen and oxygen atoms in total. The normalized spacial score (nSPS) is 29.2. The fourth-order valence-corrected chi connectivity index (χ4v) is 2.38. The maximum Gasteiger partial charge on any atom is 0.115 e. The number of hydrogen-bond donors (Lipinski definition) is 2. The van der Waals surface area contributed by atoms with E-state index < -0.39 is 11.0 Å². The van der Waals surface area contributed by atoms with Gasteiger partial charge in [0.25, 0.3) is 0 Å². The highest BCUT2D eigenvalue weighted by Crippen LogP contribution is 2.37. The van der Waals surface area contributed by atoms with Gasteiger partial charge in [0.05, 0.1) is 5.38 Å². The first-order chi connectivity index (χ1) is 8.04. The summed E-state index contributed by atoms with van der Waals surface area (Å²) < 4.78 is 0. The average Bonchev–Trinajstić information content (AvgIpc) is 2.33. The van der Waals surface area contributed by atoms with E-state index in [9.17, 15) is 10.2 Å². The molecule has 0 saturated heterocycles. The van der Waals surface area contributed by atoms with Crippen molar-refractivity contribution in [2.75, 3.05) is 0 Å². The van der Waals surface area contributed by atoms with Gasteiger partial charge in [-0.05, 0) is 17.7 Å². The Balaban J connectivity index is 2.30. The highest BCUT2D eigenvalue weighted by atomic mass is 35.5. The van der Waals surface area contributed by atoms with Crippen molar-refractivity contribution in [3.8, 4) is 5.75 Å². The molecule has 0 spiro atoms. The van der Waals surface area contributed by atoms with E-state index in [4.69, 9.17) is 11.6 Å². The highest BCUT2D eigenvalue weighted by molar-refractivity contribution is 6.23. The second-order valence-corrected chi connectivity index (χ2v) is 4.82. The van der Waals surface area contributed by atoms with Crippen LogP contribution in [0, 0.1) is 0 Å². The summed E-state index contributed by atoms with van der Waals surface area (Å²) in [5.41, 5.74) is -0.149. The minimum absolute atomic E-state index is 0.146. The minimum atomic E-state index is -1.09. The number of allylic oxidation sites excluding steroid dienone is 2. The van der Waals surface area contributed by atoms with Gasteiger partial charge in [0, 0.05) is 5.92 Å². The van der Waals surface area contributed by atoms with Crippen LogP contribution >= 0.6 is 11.6 Å². The molecule has 1 aliphatic rings. The Morgan fingerprint density at radius 3 is 2.47 bits per heavy atom. The van der Waals surface area contributed by atoms with E-state index >= 15 is 0 Å². The van der Waals surface area contributed by atoms with Gasteiger partial charge in [-0.2, -0.15) is 0 Å². The fourth-order valence-electron chi connectivity index (χ4n) is 2.03. The lowest BCUT2D eigenvalue weighted by atomic mass is 9.79. The molecule has 0 saturated carbocycles. The van der Waals surface area contributed by atoms with Crippen molar-refractivity contribution in [1.29, 1.82) is 0 Å². The van der Waals surface area contributed by atoms with Crippen LogP contribution in [0.25, 0.3) is 0 Å². The maximum absolute atomic E-state index is 10.6. The number of benzene rings is 1. The lowest BCUT2D eigenvalue weighted by Gasteiger charge is -2.35. The van der Waals surface area contributed by atoms with E-state index in [0.717, 1.165) is 5.56 Å². The zero-order chi connectivity index (χ0) is 12.5. The van der Waals surface area contributed by atoms with Crippen LogP contribution in [0.3, 0.4) is 0 Å². The quantitative estimate of drug-likeness (QED) is 0.793. The summed E-state index contributed by atoms with van der Waals surface area (Å²) in [6, 6.07) is 6.82. The predicted molar refractivity (Wildman–Crippen MR) is 69.4 cm³/mol. The first-order valence-corrected chi connectivity index (χ1v) is 5.99. The van der Waals surface area contributed by atoms with Crippen LogP contribution in [0.5, 0.6) is 5.75 Å². The number of aliphatic hydroxyl groups is 1. The molecule has 3 heteroatoms. The molecule has 0 bridgehead atoms. The van der Waals surface area contributed by atoms with Gasteiger partial charge in [0.15, 0.2) is 0 Å². The number of phenols is 1. The molecule has 0 heterocycles. The Labute approximate surface area is 106 Å². The predicted octanol–water partition coefficient (Wildman–Crippen LogP) is 2.96. The first-order valence-electron chi connectivity index (χ1n) is 5.55. The van der Waals surface area contributed by atoms with Crippen LogP contribution in [-0.2, 0) is 0 Å². The zero-order valence-corrected chi connectivity index (χ0v) is 10.3. The topological polar surface area (TPSA) is 40.5 Å². The number of aromatic hydroxyl groups is 1. The molecule has 0 fully saturated rings. The Bertz CT molecular complexity index is 450. The Hall–Kier alpha value is -1.25. The van der Waals surface area contributed by atoms with E-state index in [-0.39, 0.29) is 11.7 Å². The van der Waals surface area contributed by atoms with Crippen molar-refractivity contribution in [3.05, 3.63) is 54.1 Å². The van der Waals surface area contributed by atoms with Gasteiger partial charge in [-0.1, -0.05) is 43.4 Å². The summed E-state index contributed by atoms with van der Waals surface area (Å²) in [5.74, 6) is 0.0706. The maximum atomic E-state index is 10.6. The molecular formula is C14H15ClO2.